The highest BCUT2D eigenvalue weighted by Gasteiger charge is 2.21. The molecule has 0 spiro atoms. The zero-order valence-electron chi connectivity index (χ0n) is 16.5. The second-order valence-corrected chi connectivity index (χ2v) is 6.65. The fraction of sp³-hybridized carbons (Fsp3) is 0.167. The highest BCUT2D eigenvalue weighted by atomic mass is 19.1. The van der Waals surface area contributed by atoms with Crippen molar-refractivity contribution in [3.8, 4) is 17.2 Å². The van der Waals surface area contributed by atoms with E-state index in [1.807, 2.05) is 0 Å². The van der Waals surface area contributed by atoms with E-state index in [1.165, 1.54) is 18.2 Å². The number of carbonyl (C=O) groups excluding carboxylic acids is 2. The van der Waals surface area contributed by atoms with Gasteiger partial charge in [-0.3, -0.25) is 4.79 Å². The van der Waals surface area contributed by atoms with Crippen LogP contribution in [0, 0.1) is 5.82 Å². The van der Waals surface area contributed by atoms with Gasteiger partial charge in [-0.1, -0.05) is 30.3 Å². The van der Waals surface area contributed by atoms with Crippen molar-refractivity contribution in [1.82, 2.24) is 0 Å². The van der Waals surface area contributed by atoms with E-state index >= 15 is 0 Å². The first-order chi connectivity index (χ1) is 15.1. The van der Waals surface area contributed by atoms with Crippen LogP contribution in [0.2, 0.25) is 0 Å². The fourth-order valence-corrected chi connectivity index (χ4v) is 3.12. The van der Waals surface area contributed by atoms with Crippen molar-refractivity contribution in [1.29, 1.82) is 0 Å². The zero-order valence-corrected chi connectivity index (χ0v) is 16.5. The lowest BCUT2D eigenvalue weighted by Gasteiger charge is -2.18. The number of fused-ring (bicyclic) bond motifs is 1. The topological polar surface area (TPSA) is 71.1 Å². The molecule has 0 saturated heterocycles. The molecule has 0 radical (unpaired) electrons. The summed E-state index contributed by atoms with van der Waals surface area (Å²) in [5.41, 5.74) is 0.708. The first-order valence-electron chi connectivity index (χ1n) is 9.71. The fourth-order valence-electron chi connectivity index (χ4n) is 3.12. The van der Waals surface area contributed by atoms with E-state index in [4.69, 9.17) is 18.9 Å². The lowest BCUT2D eigenvalue weighted by Crippen LogP contribution is -2.17. The van der Waals surface area contributed by atoms with Crippen LogP contribution in [0.4, 0.5) is 4.39 Å². The standard InChI is InChI=1S/C24H19FO6/c25-19-7-3-4-8-20(19)28-13-14-31-24(27)18-6-2-1-5-17(18)23(26)16-9-10-21-22(15-16)30-12-11-29-21/h1-10,15H,11-14H2. The molecule has 3 aromatic carbocycles. The molecule has 0 bridgehead atoms. The molecule has 6 nitrogen and oxygen atoms in total. The molecule has 4 rings (SSSR count). The van der Waals surface area contributed by atoms with Crippen LogP contribution in [0.1, 0.15) is 26.3 Å². The van der Waals surface area contributed by atoms with Crippen molar-refractivity contribution in [2.45, 2.75) is 0 Å². The summed E-state index contributed by atoms with van der Waals surface area (Å²) in [5.74, 6) is -0.365. The average molecular weight is 422 g/mol. The maximum absolute atomic E-state index is 13.6. The van der Waals surface area contributed by atoms with Gasteiger partial charge in [0.2, 0.25) is 0 Å². The summed E-state index contributed by atoms with van der Waals surface area (Å²) in [6.45, 7) is 0.739. The zero-order chi connectivity index (χ0) is 21.6. The predicted molar refractivity (Wildman–Crippen MR) is 109 cm³/mol. The molecular weight excluding hydrogens is 403 g/mol. The van der Waals surface area contributed by atoms with Gasteiger partial charge in [0, 0.05) is 11.1 Å². The molecule has 0 atom stereocenters. The molecule has 0 amide bonds. The van der Waals surface area contributed by atoms with Crippen LogP contribution in [0.15, 0.2) is 66.7 Å². The minimum atomic E-state index is -0.668. The van der Waals surface area contributed by atoms with Crippen molar-refractivity contribution >= 4 is 11.8 Å². The van der Waals surface area contributed by atoms with Gasteiger partial charge < -0.3 is 18.9 Å². The van der Waals surface area contributed by atoms with Crippen LogP contribution in [-0.2, 0) is 4.74 Å². The number of esters is 1. The Hall–Kier alpha value is -3.87. The molecule has 0 aromatic heterocycles. The highest BCUT2D eigenvalue weighted by molar-refractivity contribution is 6.14. The molecular formula is C24H19FO6. The smallest absolute Gasteiger partial charge is 0.339 e. The third kappa shape index (κ3) is 4.66. The van der Waals surface area contributed by atoms with E-state index in [0.717, 1.165) is 0 Å². The Bertz CT molecular complexity index is 1110. The number of rotatable bonds is 7. The SMILES string of the molecule is O=C(OCCOc1ccccc1F)c1ccccc1C(=O)c1ccc2c(c1)OCCO2. The summed E-state index contributed by atoms with van der Waals surface area (Å²) in [6, 6.07) is 17.2. The average Bonchev–Trinajstić information content (AvgIpc) is 2.82. The van der Waals surface area contributed by atoms with E-state index in [2.05, 4.69) is 0 Å². The van der Waals surface area contributed by atoms with Gasteiger partial charge in [-0.25, -0.2) is 9.18 Å². The Labute approximate surface area is 178 Å². The van der Waals surface area contributed by atoms with Gasteiger partial charge in [0.1, 0.15) is 26.4 Å². The molecule has 1 heterocycles. The number of benzene rings is 3. The van der Waals surface area contributed by atoms with Crippen LogP contribution in [-0.4, -0.2) is 38.2 Å². The van der Waals surface area contributed by atoms with Gasteiger partial charge in [-0.2, -0.15) is 0 Å². The Balaban J connectivity index is 1.43. The third-order valence-corrected chi connectivity index (χ3v) is 4.61. The molecule has 0 unspecified atom stereocenters. The second kappa shape index (κ2) is 9.30. The normalized spacial score (nSPS) is 12.2. The number of hydrogen-bond donors (Lipinski definition) is 0. The summed E-state index contributed by atoms with van der Waals surface area (Å²) in [4.78, 5) is 25.6. The predicted octanol–water partition coefficient (Wildman–Crippen LogP) is 4.06. The molecule has 0 N–H and O–H groups in total. The Kier molecular flexibility index (Phi) is 6.12. The number of hydrogen-bond acceptors (Lipinski definition) is 6. The molecule has 0 fully saturated rings. The summed E-state index contributed by atoms with van der Waals surface area (Å²) in [6.07, 6.45) is 0. The van der Waals surface area contributed by atoms with E-state index in [0.29, 0.717) is 30.3 Å². The van der Waals surface area contributed by atoms with Crippen LogP contribution in [0.5, 0.6) is 17.2 Å². The minimum absolute atomic E-state index is 0.0229. The second-order valence-electron chi connectivity index (χ2n) is 6.65. The largest absolute Gasteiger partial charge is 0.487 e. The van der Waals surface area contributed by atoms with Gasteiger partial charge in [-0.15, -0.1) is 0 Å². The molecule has 1 aliphatic heterocycles. The first kappa shape index (κ1) is 20.4. The number of para-hydroxylation sites is 1. The van der Waals surface area contributed by atoms with Crippen molar-refractivity contribution in [3.05, 3.63) is 89.2 Å². The van der Waals surface area contributed by atoms with Crippen LogP contribution in [0.25, 0.3) is 0 Å². The summed E-state index contributed by atoms with van der Waals surface area (Å²) in [5, 5.41) is 0. The molecule has 3 aromatic rings. The molecule has 7 heteroatoms. The first-order valence-corrected chi connectivity index (χ1v) is 9.71. The van der Waals surface area contributed by atoms with E-state index < -0.39 is 11.8 Å². The van der Waals surface area contributed by atoms with Crippen LogP contribution < -0.4 is 14.2 Å². The maximum Gasteiger partial charge on any atom is 0.339 e. The monoisotopic (exact) mass is 422 g/mol. The van der Waals surface area contributed by atoms with E-state index in [9.17, 15) is 14.0 Å². The number of carbonyl (C=O) groups is 2. The summed E-state index contributed by atoms with van der Waals surface area (Å²) in [7, 11) is 0. The Morgan fingerprint density at radius 3 is 2.35 bits per heavy atom. The highest BCUT2D eigenvalue weighted by Crippen LogP contribution is 2.31. The Morgan fingerprint density at radius 2 is 1.55 bits per heavy atom. The van der Waals surface area contributed by atoms with Gasteiger partial charge in [0.25, 0.3) is 0 Å². The summed E-state index contributed by atoms with van der Waals surface area (Å²) >= 11 is 0. The molecule has 1 aliphatic rings. The molecule has 31 heavy (non-hydrogen) atoms. The number of halogens is 1. The van der Waals surface area contributed by atoms with E-state index in [1.54, 1.807) is 48.5 Å². The van der Waals surface area contributed by atoms with Gasteiger partial charge in [0.05, 0.1) is 5.56 Å². The third-order valence-electron chi connectivity index (χ3n) is 4.61. The summed E-state index contributed by atoms with van der Waals surface area (Å²) < 4.78 is 35.1. The van der Waals surface area contributed by atoms with Gasteiger partial charge in [0.15, 0.2) is 28.8 Å². The molecule has 0 aliphatic carbocycles. The van der Waals surface area contributed by atoms with Gasteiger partial charge >= 0.3 is 5.97 Å². The number of ether oxygens (including phenoxy) is 4. The molecule has 0 saturated carbocycles. The van der Waals surface area contributed by atoms with Crippen molar-refractivity contribution in [3.63, 3.8) is 0 Å². The number of ketones is 1. The maximum atomic E-state index is 13.6. The lowest BCUT2D eigenvalue weighted by atomic mass is 9.98. The van der Waals surface area contributed by atoms with Crippen molar-refractivity contribution in [2.75, 3.05) is 26.4 Å². The van der Waals surface area contributed by atoms with Gasteiger partial charge in [-0.05, 0) is 36.4 Å². The van der Waals surface area contributed by atoms with Crippen molar-refractivity contribution in [2.24, 2.45) is 0 Å². The van der Waals surface area contributed by atoms with Crippen molar-refractivity contribution < 1.29 is 32.9 Å². The quantitative estimate of drug-likeness (QED) is 0.325. The van der Waals surface area contributed by atoms with E-state index in [-0.39, 0.29) is 35.9 Å². The lowest BCUT2D eigenvalue weighted by molar-refractivity contribution is 0.0446. The minimum Gasteiger partial charge on any atom is -0.487 e. The van der Waals surface area contributed by atoms with Crippen LogP contribution in [0.3, 0.4) is 0 Å². The van der Waals surface area contributed by atoms with Crippen LogP contribution >= 0.6 is 0 Å². The molecule has 158 valence electrons. The Morgan fingerprint density at radius 1 is 0.839 bits per heavy atom.